The second-order valence-corrected chi connectivity index (χ2v) is 11.4. The van der Waals surface area contributed by atoms with Crippen LogP contribution in [0.5, 0.6) is 0 Å². The van der Waals surface area contributed by atoms with Gasteiger partial charge < -0.3 is 15.4 Å². The summed E-state index contributed by atoms with van der Waals surface area (Å²) in [5, 5.41) is 0. The average Bonchev–Trinajstić information content (AvgIpc) is 2.90. The fourth-order valence-electron chi connectivity index (χ4n) is 3.42. The van der Waals surface area contributed by atoms with Crippen LogP contribution in [-0.4, -0.2) is 42.1 Å². The number of phosphoric acid groups is 1. The number of nitrogens with zero attached hydrogens (tertiary/aromatic N) is 1. The maximum atomic E-state index is 13.6. The summed E-state index contributed by atoms with van der Waals surface area (Å²) in [4.78, 5) is 27.0. The van der Waals surface area contributed by atoms with E-state index >= 15 is 0 Å². The summed E-state index contributed by atoms with van der Waals surface area (Å²) >= 11 is 0. The largest absolute Gasteiger partial charge is 0.475 e. The van der Waals surface area contributed by atoms with E-state index in [-0.39, 0.29) is 32.9 Å². The normalized spacial score (nSPS) is 11.7. The number of anilines is 1. The lowest BCUT2D eigenvalue weighted by Gasteiger charge is -2.26. The van der Waals surface area contributed by atoms with E-state index in [1.807, 2.05) is 60.7 Å². The summed E-state index contributed by atoms with van der Waals surface area (Å²) < 4.78 is 35.8. The first-order chi connectivity index (χ1) is 18.5. The van der Waals surface area contributed by atoms with Gasteiger partial charge in [0.2, 0.25) is 0 Å². The first-order valence-electron chi connectivity index (χ1n) is 12.5. The van der Waals surface area contributed by atoms with E-state index in [0.717, 1.165) is 11.1 Å². The van der Waals surface area contributed by atoms with Crippen molar-refractivity contribution in [2.24, 2.45) is 0 Å². The number of hydrogen-bond donors (Lipinski definition) is 1. The molecule has 39 heavy (non-hydrogen) atoms. The number of amides is 1. The summed E-state index contributed by atoms with van der Waals surface area (Å²) in [6.07, 6.45) is 0. The van der Waals surface area contributed by atoms with Crippen molar-refractivity contribution in [2.45, 2.75) is 39.6 Å². The Morgan fingerprint density at radius 1 is 0.795 bits per heavy atom. The van der Waals surface area contributed by atoms with Crippen molar-refractivity contribution in [1.82, 2.24) is 4.90 Å². The van der Waals surface area contributed by atoms with Crippen LogP contribution in [-0.2, 0) is 40.9 Å². The molecule has 0 fully saturated rings. The van der Waals surface area contributed by atoms with Gasteiger partial charge in [0.05, 0.1) is 19.8 Å². The average molecular weight is 555 g/mol. The SMILES string of the molecule is CC(C)(C)OC(=O)CN(CCOP(=O)(OCc1ccccc1)OCc1ccccc1)C(=O)c1ccc(N)cc1. The van der Waals surface area contributed by atoms with Crippen LogP contribution in [0.3, 0.4) is 0 Å². The second kappa shape index (κ2) is 14.1. The molecule has 3 rings (SSSR count). The highest BCUT2D eigenvalue weighted by Crippen LogP contribution is 2.50. The minimum absolute atomic E-state index is 0.00109. The van der Waals surface area contributed by atoms with Crippen molar-refractivity contribution >= 4 is 25.4 Å². The molecule has 0 spiro atoms. The molecular weight excluding hydrogens is 519 g/mol. The molecule has 0 heterocycles. The molecule has 0 aliphatic carbocycles. The van der Waals surface area contributed by atoms with Crippen LogP contribution in [0, 0.1) is 0 Å². The van der Waals surface area contributed by atoms with Gasteiger partial charge in [-0.15, -0.1) is 0 Å². The van der Waals surface area contributed by atoms with Crippen LogP contribution in [0.1, 0.15) is 42.3 Å². The van der Waals surface area contributed by atoms with Gasteiger partial charge in [0.25, 0.3) is 5.91 Å². The zero-order chi connectivity index (χ0) is 28.3. The quantitative estimate of drug-likeness (QED) is 0.165. The molecule has 0 unspecified atom stereocenters. The Bertz CT molecular complexity index is 1200. The van der Waals surface area contributed by atoms with Crippen molar-refractivity contribution < 1.29 is 32.5 Å². The van der Waals surface area contributed by atoms with Gasteiger partial charge in [0, 0.05) is 17.8 Å². The topological polar surface area (TPSA) is 117 Å². The van der Waals surface area contributed by atoms with Gasteiger partial charge in [-0.25, -0.2) is 4.57 Å². The van der Waals surface area contributed by atoms with Crippen LogP contribution >= 0.6 is 7.82 Å². The van der Waals surface area contributed by atoms with E-state index in [1.54, 1.807) is 45.0 Å². The molecule has 0 saturated heterocycles. The van der Waals surface area contributed by atoms with Crippen molar-refractivity contribution in [2.75, 3.05) is 25.4 Å². The Labute approximate surface area is 229 Å². The number of carbonyl (C=O) groups excluding carboxylic acids is 2. The number of esters is 1. The van der Waals surface area contributed by atoms with Gasteiger partial charge >= 0.3 is 13.8 Å². The minimum Gasteiger partial charge on any atom is -0.459 e. The van der Waals surface area contributed by atoms with Gasteiger partial charge in [-0.1, -0.05) is 60.7 Å². The summed E-state index contributed by atoms with van der Waals surface area (Å²) in [7, 11) is -4.05. The maximum absolute atomic E-state index is 13.6. The monoisotopic (exact) mass is 554 g/mol. The number of phosphoric ester groups is 1. The molecule has 0 aliphatic rings. The van der Waals surface area contributed by atoms with Gasteiger partial charge in [0.15, 0.2) is 0 Å². The minimum atomic E-state index is -4.05. The van der Waals surface area contributed by atoms with E-state index < -0.39 is 25.3 Å². The highest BCUT2D eigenvalue weighted by molar-refractivity contribution is 7.48. The highest BCUT2D eigenvalue weighted by atomic mass is 31.2. The van der Waals surface area contributed by atoms with Crippen molar-refractivity contribution in [3.8, 4) is 0 Å². The van der Waals surface area contributed by atoms with Gasteiger partial charge in [-0.05, 0) is 56.2 Å². The molecule has 3 aromatic rings. The summed E-state index contributed by atoms with van der Waals surface area (Å²) in [6, 6.07) is 24.7. The molecule has 0 aliphatic heterocycles. The fourth-order valence-corrected chi connectivity index (χ4v) is 4.56. The lowest BCUT2D eigenvalue weighted by Crippen LogP contribution is -2.40. The van der Waals surface area contributed by atoms with Gasteiger partial charge in [-0.2, -0.15) is 0 Å². The molecule has 1 amide bonds. The summed E-state index contributed by atoms with van der Waals surface area (Å²) in [6.45, 7) is 4.60. The number of ether oxygens (including phenoxy) is 1. The van der Waals surface area contributed by atoms with Crippen LogP contribution in [0.15, 0.2) is 84.9 Å². The van der Waals surface area contributed by atoms with Crippen LogP contribution < -0.4 is 5.73 Å². The van der Waals surface area contributed by atoms with E-state index in [9.17, 15) is 14.2 Å². The third-order valence-corrected chi connectivity index (χ3v) is 6.65. The van der Waals surface area contributed by atoms with Crippen molar-refractivity contribution in [1.29, 1.82) is 0 Å². The second-order valence-electron chi connectivity index (χ2n) is 9.73. The Hall–Kier alpha value is -3.49. The zero-order valence-electron chi connectivity index (χ0n) is 22.4. The molecule has 0 aromatic heterocycles. The van der Waals surface area contributed by atoms with Crippen LogP contribution in [0.25, 0.3) is 0 Å². The molecule has 10 heteroatoms. The Kier molecular flexibility index (Phi) is 10.8. The van der Waals surface area contributed by atoms with Gasteiger partial charge in [0.1, 0.15) is 12.1 Å². The van der Waals surface area contributed by atoms with E-state index in [1.165, 1.54) is 4.90 Å². The number of rotatable bonds is 13. The molecular formula is C29H35N2O7P. The number of nitrogens with two attached hydrogens (primary N) is 1. The van der Waals surface area contributed by atoms with Crippen molar-refractivity contribution in [3.05, 3.63) is 102 Å². The Balaban J connectivity index is 1.71. The van der Waals surface area contributed by atoms with Crippen molar-refractivity contribution in [3.63, 3.8) is 0 Å². The Morgan fingerprint density at radius 2 is 1.31 bits per heavy atom. The van der Waals surface area contributed by atoms with E-state index in [0.29, 0.717) is 11.3 Å². The molecule has 0 bridgehead atoms. The first-order valence-corrected chi connectivity index (χ1v) is 14.0. The standard InChI is InChI=1S/C29H35N2O7P/c1-29(2,3)38-27(32)20-31(28(33)25-14-16-26(30)17-15-25)18-19-35-39(34,36-21-23-10-6-4-7-11-23)37-22-24-12-8-5-9-13-24/h4-17H,18-22,30H2,1-3H3. The van der Waals surface area contributed by atoms with Crippen LogP contribution in [0.2, 0.25) is 0 Å². The fraction of sp³-hybridized carbons (Fsp3) is 0.310. The molecule has 0 atom stereocenters. The van der Waals surface area contributed by atoms with Gasteiger partial charge in [-0.3, -0.25) is 23.2 Å². The zero-order valence-corrected chi connectivity index (χ0v) is 23.3. The van der Waals surface area contributed by atoms with Crippen LogP contribution in [0.4, 0.5) is 5.69 Å². The predicted octanol–water partition coefficient (Wildman–Crippen LogP) is 5.61. The molecule has 208 valence electrons. The molecule has 0 saturated carbocycles. The highest BCUT2D eigenvalue weighted by Gasteiger charge is 2.29. The third kappa shape index (κ3) is 10.7. The summed E-state index contributed by atoms with van der Waals surface area (Å²) in [5.74, 6) is -1.02. The smallest absolute Gasteiger partial charge is 0.459 e. The molecule has 3 aromatic carbocycles. The first kappa shape index (κ1) is 30.1. The third-order valence-electron chi connectivity index (χ3n) is 5.26. The number of hydrogen-bond acceptors (Lipinski definition) is 8. The van der Waals surface area contributed by atoms with E-state index in [4.69, 9.17) is 24.0 Å². The predicted molar refractivity (Wildman–Crippen MR) is 149 cm³/mol. The molecule has 0 radical (unpaired) electrons. The number of benzene rings is 3. The Morgan fingerprint density at radius 3 is 1.79 bits per heavy atom. The maximum Gasteiger partial charge on any atom is 0.475 e. The molecule has 2 N–H and O–H groups in total. The molecule has 9 nitrogen and oxygen atoms in total. The number of nitrogen functional groups attached to an aromatic ring is 1. The lowest BCUT2D eigenvalue weighted by molar-refractivity contribution is -0.155. The lowest BCUT2D eigenvalue weighted by atomic mass is 10.1. The number of carbonyl (C=O) groups is 2. The summed E-state index contributed by atoms with van der Waals surface area (Å²) in [5.41, 5.74) is 7.42. The van der Waals surface area contributed by atoms with E-state index in [2.05, 4.69) is 0 Å².